The molecule has 126 valence electrons. The molecule has 3 heterocycles. The SMILES string of the molecule is CCc1[nH]nc(C(=O)Nc2ccc([C@@H]3O[C@H]4CN[C@@H]3C4)cc2)c1C. The number of aromatic nitrogens is 2. The summed E-state index contributed by atoms with van der Waals surface area (Å²) in [6.45, 7) is 4.91. The van der Waals surface area contributed by atoms with Crippen LogP contribution < -0.4 is 10.6 Å². The van der Waals surface area contributed by atoms with E-state index in [0.717, 1.165) is 41.9 Å². The van der Waals surface area contributed by atoms with Crippen molar-refractivity contribution in [2.24, 2.45) is 0 Å². The van der Waals surface area contributed by atoms with Crippen molar-refractivity contribution < 1.29 is 9.53 Å². The Bertz CT molecular complexity index is 753. The number of aryl methyl sites for hydroxylation is 1. The maximum absolute atomic E-state index is 12.4. The number of anilines is 1. The van der Waals surface area contributed by atoms with Crippen LogP contribution in [0.3, 0.4) is 0 Å². The van der Waals surface area contributed by atoms with E-state index in [0.29, 0.717) is 17.8 Å². The van der Waals surface area contributed by atoms with E-state index in [1.165, 1.54) is 0 Å². The predicted octanol–water partition coefficient (Wildman–Crippen LogP) is 2.33. The largest absolute Gasteiger partial charge is 0.367 e. The van der Waals surface area contributed by atoms with Crippen LogP contribution in [0.2, 0.25) is 0 Å². The van der Waals surface area contributed by atoms with E-state index in [1.807, 2.05) is 38.1 Å². The number of nitrogens with zero attached hydrogens (tertiary/aromatic N) is 1. The highest BCUT2D eigenvalue weighted by molar-refractivity contribution is 6.03. The quantitative estimate of drug-likeness (QED) is 0.806. The van der Waals surface area contributed by atoms with Gasteiger partial charge < -0.3 is 15.4 Å². The van der Waals surface area contributed by atoms with Crippen molar-refractivity contribution in [3.63, 3.8) is 0 Å². The lowest BCUT2D eigenvalue weighted by molar-refractivity contribution is 0.0160. The van der Waals surface area contributed by atoms with Gasteiger partial charge in [0.15, 0.2) is 5.69 Å². The summed E-state index contributed by atoms with van der Waals surface area (Å²) in [4.78, 5) is 12.4. The molecule has 3 N–H and O–H groups in total. The van der Waals surface area contributed by atoms with E-state index in [-0.39, 0.29) is 12.0 Å². The second-order valence-electron chi connectivity index (χ2n) is 6.53. The first-order valence-corrected chi connectivity index (χ1v) is 8.49. The average Bonchev–Trinajstić information content (AvgIpc) is 3.30. The lowest BCUT2D eigenvalue weighted by Gasteiger charge is -2.23. The minimum Gasteiger partial charge on any atom is -0.367 e. The number of fused-ring (bicyclic) bond motifs is 2. The van der Waals surface area contributed by atoms with Crippen molar-refractivity contribution in [3.8, 4) is 0 Å². The molecule has 2 bridgehead atoms. The molecule has 2 aromatic rings. The van der Waals surface area contributed by atoms with Gasteiger partial charge in [0.2, 0.25) is 0 Å². The van der Waals surface area contributed by atoms with E-state index < -0.39 is 0 Å². The van der Waals surface area contributed by atoms with Crippen molar-refractivity contribution in [2.75, 3.05) is 11.9 Å². The molecular formula is C18H22N4O2. The normalized spacial score (nSPS) is 25.2. The van der Waals surface area contributed by atoms with Crippen molar-refractivity contribution >= 4 is 11.6 Å². The maximum atomic E-state index is 12.4. The summed E-state index contributed by atoms with van der Waals surface area (Å²) in [5.41, 5.74) is 4.28. The standard InChI is InChI=1S/C18H22N4O2/c1-3-14-10(2)16(22-21-14)18(23)20-12-6-4-11(5-7-12)17-15-8-13(24-17)9-19-15/h4-7,13,15,17,19H,3,8-9H2,1-2H3,(H,20,23)(H,21,22)/t13-,15-,17+/m1/s1. The lowest BCUT2D eigenvalue weighted by atomic mass is 10.0. The first-order chi connectivity index (χ1) is 11.7. The van der Waals surface area contributed by atoms with Gasteiger partial charge in [-0.1, -0.05) is 19.1 Å². The number of ether oxygens (including phenoxy) is 1. The Labute approximate surface area is 141 Å². The molecule has 2 aliphatic heterocycles. The van der Waals surface area contributed by atoms with Gasteiger partial charge in [-0.3, -0.25) is 9.89 Å². The van der Waals surface area contributed by atoms with Crippen LogP contribution in [0.15, 0.2) is 24.3 Å². The van der Waals surface area contributed by atoms with Crippen LogP contribution in [0.4, 0.5) is 5.69 Å². The molecule has 1 aromatic heterocycles. The fourth-order valence-corrected chi connectivity index (χ4v) is 3.63. The highest BCUT2D eigenvalue weighted by Crippen LogP contribution is 2.37. The number of rotatable bonds is 4. The molecule has 2 saturated heterocycles. The molecule has 24 heavy (non-hydrogen) atoms. The average molecular weight is 326 g/mol. The fourth-order valence-electron chi connectivity index (χ4n) is 3.63. The maximum Gasteiger partial charge on any atom is 0.276 e. The Balaban J connectivity index is 1.45. The number of morpholine rings is 1. The van der Waals surface area contributed by atoms with E-state index in [2.05, 4.69) is 20.8 Å². The third kappa shape index (κ3) is 2.61. The van der Waals surface area contributed by atoms with Gasteiger partial charge in [0.05, 0.1) is 12.2 Å². The van der Waals surface area contributed by atoms with Gasteiger partial charge in [-0.05, 0) is 37.5 Å². The summed E-state index contributed by atoms with van der Waals surface area (Å²) in [5, 5.41) is 13.4. The number of hydrogen-bond acceptors (Lipinski definition) is 4. The Morgan fingerprint density at radius 2 is 2.17 bits per heavy atom. The third-order valence-electron chi connectivity index (χ3n) is 5.01. The van der Waals surface area contributed by atoms with Gasteiger partial charge >= 0.3 is 0 Å². The zero-order chi connectivity index (χ0) is 16.7. The number of H-pyrrole nitrogens is 1. The molecule has 0 spiro atoms. The number of amides is 1. The van der Waals surface area contributed by atoms with Crippen molar-refractivity contribution in [3.05, 3.63) is 46.8 Å². The number of nitrogens with one attached hydrogen (secondary N) is 3. The zero-order valence-electron chi connectivity index (χ0n) is 13.9. The van der Waals surface area contributed by atoms with Crippen LogP contribution in [-0.4, -0.2) is 34.8 Å². The van der Waals surface area contributed by atoms with E-state index in [1.54, 1.807) is 0 Å². The van der Waals surface area contributed by atoms with Crippen LogP contribution in [0.25, 0.3) is 0 Å². The molecule has 6 heteroatoms. The molecule has 3 atom stereocenters. The molecule has 2 fully saturated rings. The Morgan fingerprint density at radius 3 is 2.75 bits per heavy atom. The van der Waals surface area contributed by atoms with Crippen LogP contribution in [-0.2, 0) is 11.2 Å². The number of benzene rings is 1. The number of carbonyl (C=O) groups is 1. The Kier molecular flexibility index (Phi) is 3.86. The van der Waals surface area contributed by atoms with E-state index in [9.17, 15) is 4.79 Å². The summed E-state index contributed by atoms with van der Waals surface area (Å²) in [7, 11) is 0. The zero-order valence-corrected chi connectivity index (χ0v) is 13.9. The second kappa shape index (κ2) is 6.03. The van der Waals surface area contributed by atoms with E-state index >= 15 is 0 Å². The van der Waals surface area contributed by atoms with Gasteiger partial charge in [-0.15, -0.1) is 0 Å². The van der Waals surface area contributed by atoms with Crippen LogP contribution in [0, 0.1) is 6.92 Å². The molecule has 0 saturated carbocycles. The fraction of sp³-hybridized carbons (Fsp3) is 0.444. The molecule has 0 aliphatic carbocycles. The monoisotopic (exact) mass is 326 g/mol. The molecular weight excluding hydrogens is 304 g/mol. The molecule has 1 amide bonds. The van der Waals surface area contributed by atoms with Crippen LogP contribution in [0.5, 0.6) is 0 Å². The highest BCUT2D eigenvalue weighted by atomic mass is 16.5. The van der Waals surface area contributed by atoms with Gasteiger partial charge in [0.25, 0.3) is 5.91 Å². The van der Waals surface area contributed by atoms with Gasteiger partial charge in [-0.25, -0.2) is 0 Å². The molecule has 6 nitrogen and oxygen atoms in total. The first-order valence-electron chi connectivity index (χ1n) is 8.49. The van der Waals surface area contributed by atoms with Crippen molar-refractivity contribution in [2.45, 2.75) is 44.9 Å². The first kappa shape index (κ1) is 15.4. The van der Waals surface area contributed by atoms with Gasteiger partial charge in [-0.2, -0.15) is 5.10 Å². The Hall–Kier alpha value is -2.18. The molecule has 1 aromatic carbocycles. The molecule has 4 rings (SSSR count). The molecule has 0 unspecified atom stereocenters. The van der Waals surface area contributed by atoms with Crippen LogP contribution >= 0.6 is 0 Å². The minimum atomic E-state index is -0.186. The third-order valence-corrected chi connectivity index (χ3v) is 5.01. The van der Waals surface area contributed by atoms with Crippen LogP contribution in [0.1, 0.15) is 46.8 Å². The Morgan fingerprint density at radius 1 is 1.38 bits per heavy atom. The summed E-state index contributed by atoms with van der Waals surface area (Å²) in [6, 6.07) is 8.31. The lowest BCUT2D eigenvalue weighted by Crippen LogP contribution is -2.33. The number of hydrogen-bond donors (Lipinski definition) is 3. The van der Waals surface area contributed by atoms with Crippen molar-refractivity contribution in [1.82, 2.24) is 15.5 Å². The van der Waals surface area contributed by atoms with E-state index in [4.69, 9.17) is 4.74 Å². The summed E-state index contributed by atoms with van der Waals surface area (Å²) in [5.74, 6) is -0.186. The smallest absolute Gasteiger partial charge is 0.276 e. The van der Waals surface area contributed by atoms with Gasteiger partial charge in [0, 0.05) is 29.5 Å². The second-order valence-corrected chi connectivity index (χ2v) is 6.53. The van der Waals surface area contributed by atoms with Gasteiger partial charge in [0.1, 0.15) is 0 Å². The summed E-state index contributed by atoms with van der Waals surface area (Å²) in [6.07, 6.45) is 2.38. The number of aromatic amines is 1. The number of carbonyl (C=O) groups excluding carboxylic acids is 1. The molecule has 2 aliphatic rings. The van der Waals surface area contributed by atoms with Crippen molar-refractivity contribution in [1.29, 1.82) is 0 Å². The molecule has 0 radical (unpaired) electrons. The predicted molar refractivity (Wildman–Crippen MR) is 91.1 cm³/mol. The highest BCUT2D eigenvalue weighted by Gasteiger charge is 2.41. The minimum absolute atomic E-state index is 0.120. The topological polar surface area (TPSA) is 79.0 Å². The summed E-state index contributed by atoms with van der Waals surface area (Å²) >= 11 is 0. The summed E-state index contributed by atoms with van der Waals surface area (Å²) < 4.78 is 6.00.